The van der Waals surface area contributed by atoms with Gasteiger partial charge in [-0.3, -0.25) is 0 Å². The molecule has 2 aromatic carbocycles. The maximum atomic E-state index is 8.94. The van der Waals surface area contributed by atoms with E-state index in [9.17, 15) is 0 Å². The van der Waals surface area contributed by atoms with Gasteiger partial charge in [0.1, 0.15) is 11.8 Å². The number of rotatable bonds is 5. The maximum Gasteiger partial charge on any atom is 0.136 e. The largest absolute Gasteiger partial charge is 0.495 e. The summed E-state index contributed by atoms with van der Waals surface area (Å²) in [5.74, 6) is 0.593. The fourth-order valence-electron chi connectivity index (χ4n) is 1.99. The smallest absolute Gasteiger partial charge is 0.136 e. The zero-order chi connectivity index (χ0) is 15.1. The van der Waals surface area contributed by atoms with Crippen LogP contribution in [-0.2, 0) is 13.1 Å². The van der Waals surface area contributed by atoms with Gasteiger partial charge in [-0.15, -0.1) is 0 Å². The molecule has 2 rings (SSSR count). The molecule has 0 saturated heterocycles. The van der Waals surface area contributed by atoms with Gasteiger partial charge in [-0.25, -0.2) is 0 Å². The molecule has 0 aliphatic rings. The zero-order valence-corrected chi connectivity index (χ0v) is 11.8. The van der Waals surface area contributed by atoms with E-state index >= 15 is 0 Å². The average Bonchev–Trinajstić information content (AvgIpc) is 2.55. The zero-order valence-electron chi connectivity index (χ0n) is 11.8. The van der Waals surface area contributed by atoms with Gasteiger partial charge >= 0.3 is 0 Å². The van der Waals surface area contributed by atoms with Gasteiger partial charge in [0, 0.05) is 13.1 Å². The van der Waals surface area contributed by atoms with Gasteiger partial charge in [-0.1, -0.05) is 18.2 Å². The Bertz CT molecular complexity index is 693. The molecule has 0 aliphatic heterocycles. The molecule has 0 heterocycles. The first-order chi connectivity index (χ1) is 10.3. The van der Waals surface area contributed by atoms with Crippen molar-refractivity contribution in [1.82, 2.24) is 5.32 Å². The minimum Gasteiger partial charge on any atom is -0.495 e. The number of methoxy groups -OCH3 is 1. The minimum atomic E-state index is 0.536. The molecule has 21 heavy (non-hydrogen) atoms. The molecule has 0 aliphatic carbocycles. The Morgan fingerprint density at radius 3 is 2.24 bits per heavy atom. The van der Waals surface area contributed by atoms with Crippen LogP contribution >= 0.6 is 0 Å². The first-order valence-corrected chi connectivity index (χ1v) is 6.53. The highest BCUT2D eigenvalue weighted by molar-refractivity contribution is 5.45. The first-order valence-electron chi connectivity index (χ1n) is 6.53. The minimum absolute atomic E-state index is 0.536. The third-order valence-electron chi connectivity index (χ3n) is 3.13. The van der Waals surface area contributed by atoms with E-state index in [2.05, 4.69) is 17.5 Å². The van der Waals surface area contributed by atoms with Crippen molar-refractivity contribution in [3.05, 3.63) is 64.7 Å². The number of ether oxygens (including phenoxy) is 1. The molecule has 4 heteroatoms. The molecule has 1 N–H and O–H groups in total. The van der Waals surface area contributed by atoms with Gasteiger partial charge in [-0.2, -0.15) is 10.5 Å². The Morgan fingerprint density at radius 1 is 0.952 bits per heavy atom. The van der Waals surface area contributed by atoms with Crippen LogP contribution in [-0.4, -0.2) is 7.11 Å². The number of benzene rings is 2. The van der Waals surface area contributed by atoms with Crippen LogP contribution in [0.1, 0.15) is 22.3 Å². The highest BCUT2D eigenvalue weighted by atomic mass is 16.5. The summed E-state index contributed by atoms with van der Waals surface area (Å²) < 4.78 is 5.19. The number of nitriles is 2. The Hall–Kier alpha value is -2.82. The van der Waals surface area contributed by atoms with Crippen molar-refractivity contribution in [3.63, 3.8) is 0 Å². The van der Waals surface area contributed by atoms with E-state index in [0.717, 1.165) is 11.1 Å². The molecular formula is C17H15N3O. The SMILES string of the molecule is COc1cc(CNCc2ccc(C#N)cc2)ccc1C#N. The lowest BCUT2D eigenvalue weighted by Crippen LogP contribution is -2.12. The second-order valence-corrected chi connectivity index (χ2v) is 4.56. The Morgan fingerprint density at radius 2 is 1.62 bits per heavy atom. The molecule has 4 nitrogen and oxygen atoms in total. The van der Waals surface area contributed by atoms with Crippen molar-refractivity contribution in [1.29, 1.82) is 10.5 Å². The lowest BCUT2D eigenvalue weighted by atomic mass is 10.1. The molecule has 0 unspecified atom stereocenters. The topological polar surface area (TPSA) is 68.8 Å². The predicted octanol–water partition coefficient (Wildman–Crippen LogP) is 2.73. The van der Waals surface area contributed by atoms with Crippen molar-refractivity contribution in [2.45, 2.75) is 13.1 Å². The van der Waals surface area contributed by atoms with Gasteiger partial charge in [0.2, 0.25) is 0 Å². The van der Waals surface area contributed by atoms with Crippen LogP contribution < -0.4 is 10.1 Å². The van der Waals surface area contributed by atoms with Crippen molar-refractivity contribution in [2.24, 2.45) is 0 Å². The summed E-state index contributed by atoms with van der Waals surface area (Å²) in [6.45, 7) is 1.40. The van der Waals surface area contributed by atoms with Crippen molar-refractivity contribution in [3.8, 4) is 17.9 Å². The molecule has 2 aromatic rings. The molecule has 0 atom stereocenters. The Kier molecular flexibility index (Phi) is 4.93. The Balaban J connectivity index is 1.94. The summed E-state index contributed by atoms with van der Waals surface area (Å²) in [6, 6.07) is 17.2. The molecule has 0 radical (unpaired) electrons. The highest BCUT2D eigenvalue weighted by Gasteiger charge is 2.03. The van der Waals surface area contributed by atoms with Crippen LogP contribution in [0.3, 0.4) is 0 Å². The fourth-order valence-corrected chi connectivity index (χ4v) is 1.99. The van der Waals surface area contributed by atoms with Crippen molar-refractivity contribution >= 4 is 0 Å². The predicted molar refractivity (Wildman–Crippen MR) is 79.4 cm³/mol. The van der Waals surface area contributed by atoms with E-state index in [4.69, 9.17) is 15.3 Å². The van der Waals surface area contributed by atoms with Gasteiger partial charge in [0.05, 0.1) is 24.3 Å². The van der Waals surface area contributed by atoms with Gasteiger partial charge < -0.3 is 10.1 Å². The van der Waals surface area contributed by atoms with Crippen molar-refractivity contribution in [2.75, 3.05) is 7.11 Å². The summed E-state index contributed by atoms with van der Waals surface area (Å²) in [5.41, 5.74) is 3.37. The second kappa shape index (κ2) is 7.09. The van der Waals surface area contributed by atoms with Gasteiger partial charge in [0.15, 0.2) is 0 Å². The van der Waals surface area contributed by atoms with E-state index in [0.29, 0.717) is 30.0 Å². The van der Waals surface area contributed by atoms with Crippen LogP contribution in [0.4, 0.5) is 0 Å². The molecule has 0 fully saturated rings. The first kappa shape index (κ1) is 14.6. The number of hydrogen-bond donors (Lipinski definition) is 1. The van der Waals surface area contributed by atoms with Crippen molar-refractivity contribution < 1.29 is 4.74 Å². The summed E-state index contributed by atoms with van der Waals surface area (Å²) in [6.07, 6.45) is 0. The number of nitrogens with one attached hydrogen (secondary N) is 1. The van der Waals surface area contributed by atoms with Crippen LogP contribution in [0.15, 0.2) is 42.5 Å². The third kappa shape index (κ3) is 3.82. The monoisotopic (exact) mass is 277 g/mol. The van der Waals surface area contributed by atoms with Crippen LogP contribution in [0, 0.1) is 22.7 Å². The molecular weight excluding hydrogens is 262 g/mol. The highest BCUT2D eigenvalue weighted by Crippen LogP contribution is 2.19. The molecule has 0 bridgehead atoms. The lowest BCUT2D eigenvalue weighted by molar-refractivity contribution is 0.412. The van der Waals surface area contributed by atoms with Crippen LogP contribution in [0.5, 0.6) is 5.75 Å². The summed E-state index contributed by atoms with van der Waals surface area (Å²) >= 11 is 0. The van der Waals surface area contributed by atoms with E-state index < -0.39 is 0 Å². The van der Waals surface area contributed by atoms with Gasteiger partial charge in [0.25, 0.3) is 0 Å². The van der Waals surface area contributed by atoms with E-state index in [-0.39, 0.29) is 0 Å². The lowest BCUT2D eigenvalue weighted by Gasteiger charge is -2.08. The summed E-state index contributed by atoms with van der Waals surface area (Å²) in [7, 11) is 1.56. The second-order valence-electron chi connectivity index (χ2n) is 4.56. The van der Waals surface area contributed by atoms with E-state index in [1.165, 1.54) is 0 Å². The number of nitrogens with zero attached hydrogens (tertiary/aromatic N) is 2. The molecule has 0 amide bonds. The quantitative estimate of drug-likeness (QED) is 0.912. The molecule has 0 spiro atoms. The van der Waals surface area contributed by atoms with Crippen LogP contribution in [0.2, 0.25) is 0 Å². The maximum absolute atomic E-state index is 8.94. The van der Waals surface area contributed by atoms with Crippen LogP contribution in [0.25, 0.3) is 0 Å². The fraction of sp³-hybridized carbons (Fsp3) is 0.176. The van der Waals surface area contributed by atoms with E-state index in [1.54, 1.807) is 13.2 Å². The Labute approximate surface area is 124 Å². The third-order valence-corrected chi connectivity index (χ3v) is 3.13. The average molecular weight is 277 g/mol. The molecule has 0 saturated carbocycles. The normalized spacial score (nSPS) is 9.67. The summed E-state index contributed by atoms with van der Waals surface area (Å²) in [4.78, 5) is 0. The summed E-state index contributed by atoms with van der Waals surface area (Å²) in [5, 5.41) is 21.0. The van der Waals surface area contributed by atoms with Gasteiger partial charge in [-0.05, 0) is 35.4 Å². The standard InChI is InChI=1S/C17H15N3O/c1-21-17-8-15(6-7-16(17)10-19)12-20-11-14-4-2-13(9-18)3-5-14/h2-8,20H,11-12H2,1H3. The molecule has 104 valence electrons. The number of hydrogen-bond acceptors (Lipinski definition) is 4. The van der Waals surface area contributed by atoms with E-state index in [1.807, 2.05) is 36.4 Å². The molecule has 0 aromatic heterocycles.